The van der Waals surface area contributed by atoms with Gasteiger partial charge in [-0.3, -0.25) is 9.69 Å². The molecule has 1 fully saturated rings. The Balaban J connectivity index is 0.000000360. The number of benzene rings is 2. The quantitative estimate of drug-likeness (QED) is 0.700. The number of alkyl halides is 3. The third-order valence-corrected chi connectivity index (χ3v) is 5.31. The molecule has 0 aliphatic carbocycles. The molecule has 6 nitrogen and oxygen atoms in total. The Kier molecular flexibility index (Phi) is 7.47. The Morgan fingerprint density at radius 3 is 2.12 bits per heavy atom. The van der Waals surface area contributed by atoms with Crippen LogP contribution < -0.4 is 5.32 Å². The normalized spacial score (nSPS) is 16.2. The molecule has 0 spiro atoms. The van der Waals surface area contributed by atoms with Crippen molar-refractivity contribution in [3.8, 4) is 0 Å². The number of hydrogen-bond donors (Lipinski definition) is 2. The maximum absolute atomic E-state index is 13.0. The van der Waals surface area contributed by atoms with Gasteiger partial charge in [0.2, 0.25) is 0 Å². The van der Waals surface area contributed by atoms with Crippen molar-refractivity contribution in [3.05, 3.63) is 70.5 Å². The molecule has 0 radical (unpaired) electrons. The van der Waals surface area contributed by atoms with Crippen LogP contribution in [0.3, 0.4) is 0 Å². The van der Waals surface area contributed by atoms with Crippen LogP contribution in [0.2, 0.25) is 0 Å². The molecule has 1 saturated heterocycles. The van der Waals surface area contributed by atoms with Crippen LogP contribution in [0.1, 0.15) is 27.0 Å². The summed E-state index contributed by atoms with van der Waals surface area (Å²) in [5, 5.41) is 10.4. The fourth-order valence-corrected chi connectivity index (χ4v) is 3.57. The summed E-state index contributed by atoms with van der Waals surface area (Å²) in [5.41, 5.74) is 4.42. The van der Waals surface area contributed by atoms with E-state index in [1.807, 2.05) is 29.2 Å². The van der Waals surface area contributed by atoms with Crippen LogP contribution in [0.5, 0.6) is 0 Å². The van der Waals surface area contributed by atoms with Crippen molar-refractivity contribution in [2.24, 2.45) is 0 Å². The Labute approximate surface area is 182 Å². The van der Waals surface area contributed by atoms with Crippen LogP contribution in [0.4, 0.5) is 17.6 Å². The summed E-state index contributed by atoms with van der Waals surface area (Å²) in [6, 6.07) is 12.7. The summed E-state index contributed by atoms with van der Waals surface area (Å²) < 4.78 is 44.7. The fraction of sp³-hybridized carbons (Fsp3) is 0.364. The molecule has 4 rings (SSSR count). The molecule has 2 N–H and O–H groups in total. The molecule has 0 aromatic heterocycles. The SMILES string of the molecule is O=C(O)C(F)(F)F.O=C(c1ccc2c(c1)CNC2)N1CCN(Cc2ccc(F)cc2)CC1. The van der Waals surface area contributed by atoms with Gasteiger partial charge in [0.05, 0.1) is 0 Å². The van der Waals surface area contributed by atoms with Crippen LogP contribution >= 0.6 is 0 Å². The molecule has 0 atom stereocenters. The van der Waals surface area contributed by atoms with E-state index in [4.69, 9.17) is 9.90 Å². The number of hydrogen-bond acceptors (Lipinski definition) is 4. The van der Waals surface area contributed by atoms with E-state index in [1.54, 1.807) is 0 Å². The fourth-order valence-electron chi connectivity index (χ4n) is 3.57. The molecular formula is C22H23F4N3O3. The van der Waals surface area contributed by atoms with E-state index >= 15 is 0 Å². The van der Waals surface area contributed by atoms with E-state index in [9.17, 15) is 22.4 Å². The predicted molar refractivity (Wildman–Crippen MR) is 108 cm³/mol. The maximum atomic E-state index is 13.0. The minimum atomic E-state index is -5.08. The summed E-state index contributed by atoms with van der Waals surface area (Å²) in [7, 11) is 0. The first-order chi connectivity index (χ1) is 15.1. The van der Waals surface area contributed by atoms with Crippen LogP contribution in [-0.2, 0) is 24.4 Å². The number of carbonyl (C=O) groups is 2. The van der Waals surface area contributed by atoms with Crippen molar-refractivity contribution < 1.29 is 32.3 Å². The molecule has 0 saturated carbocycles. The van der Waals surface area contributed by atoms with Crippen LogP contribution in [0.25, 0.3) is 0 Å². The molecule has 0 unspecified atom stereocenters. The van der Waals surface area contributed by atoms with Crippen molar-refractivity contribution in [2.75, 3.05) is 26.2 Å². The van der Waals surface area contributed by atoms with E-state index < -0.39 is 12.1 Å². The predicted octanol–water partition coefficient (Wildman–Crippen LogP) is 3.02. The number of rotatable bonds is 3. The molecule has 2 aromatic carbocycles. The van der Waals surface area contributed by atoms with Gasteiger partial charge in [-0.05, 0) is 41.0 Å². The topological polar surface area (TPSA) is 72.9 Å². The molecule has 2 aromatic rings. The second-order valence-electron chi connectivity index (χ2n) is 7.58. The van der Waals surface area contributed by atoms with E-state index in [0.29, 0.717) is 0 Å². The third kappa shape index (κ3) is 6.27. The van der Waals surface area contributed by atoms with Gasteiger partial charge in [-0.25, -0.2) is 9.18 Å². The Hall–Kier alpha value is -2.98. The number of carboxylic acid groups (broad SMARTS) is 1. The number of nitrogens with zero attached hydrogens (tertiary/aromatic N) is 2. The van der Waals surface area contributed by atoms with Crippen molar-refractivity contribution in [1.29, 1.82) is 0 Å². The number of fused-ring (bicyclic) bond motifs is 1. The van der Waals surface area contributed by atoms with E-state index in [2.05, 4.69) is 16.3 Å². The Morgan fingerprint density at radius 1 is 0.938 bits per heavy atom. The van der Waals surface area contributed by atoms with Crippen LogP contribution in [-0.4, -0.2) is 59.1 Å². The van der Waals surface area contributed by atoms with Gasteiger partial charge < -0.3 is 15.3 Å². The summed E-state index contributed by atoms with van der Waals surface area (Å²) >= 11 is 0. The van der Waals surface area contributed by atoms with Gasteiger partial charge in [0.1, 0.15) is 5.82 Å². The maximum Gasteiger partial charge on any atom is 0.490 e. The number of amides is 1. The minimum absolute atomic E-state index is 0.121. The first-order valence-corrected chi connectivity index (χ1v) is 10.0. The van der Waals surface area contributed by atoms with Gasteiger partial charge in [-0.2, -0.15) is 13.2 Å². The van der Waals surface area contributed by atoms with E-state index in [0.717, 1.165) is 56.9 Å². The van der Waals surface area contributed by atoms with Crippen molar-refractivity contribution in [1.82, 2.24) is 15.1 Å². The lowest BCUT2D eigenvalue weighted by molar-refractivity contribution is -0.192. The summed E-state index contributed by atoms with van der Waals surface area (Å²) in [6.45, 7) is 5.69. The number of halogens is 4. The van der Waals surface area contributed by atoms with Crippen LogP contribution in [0.15, 0.2) is 42.5 Å². The van der Waals surface area contributed by atoms with Crippen molar-refractivity contribution in [3.63, 3.8) is 0 Å². The average Bonchev–Trinajstić information content (AvgIpc) is 3.23. The number of aliphatic carboxylic acids is 1. The number of piperazine rings is 1. The van der Waals surface area contributed by atoms with Gasteiger partial charge in [0.25, 0.3) is 5.91 Å². The largest absolute Gasteiger partial charge is 0.490 e. The highest BCUT2D eigenvalue weighted by atomic mass is 19.4. The molecule has 0 bridgehead atoms. The number of nitrogens with one attached hydrogen (secondary N) is 1. The van der Waals surface area contributed by atoms with Gasteiger partial charge in [0.15, 0.2) is 0 Å². The zero-order chi connectivity index (χ0) is 23.3. The summed E-state index contributed by atoms with van der Waals surface area (Å²) in [5.74, 6) is -2.84. The van der Waals surface area contributed by atoms with E-state index in [-0.39, 0.29) is 11.7 Å². The molecule has 2 aliphatic rings. The molecule has 10 heteroatoms. The molecule has 2 heterocycles. The van der Waals surface area contributed by atoms with Crippen molar-refractivity contribution in [2.45, 2.75) is 25.8 Å². The molecular weight excluding hydrogens is 430 g/mol. The highest BCUT2D eigenvalue weighted by Crippen LogP contribution is 2.19. The van der Waals surface area contributed by atoms with Gasteiger partial charge in [-0.1, -0.05) is 18.2 Å². The molecule has 1 amide bonds. The number of carboxylic acids is 1. The highest BCUT2D eigenvalue weighted by Gasteiger charge is 2.38. The average molecular weight is 453 g/mol. The summed E-state index contributed by atoms with van der Waals surface area (Å²) in [6.07, 6.45) is -5.08. The monoisotopic (exact) mass is 453 g/mol. The van der Waals surface area contributed by atoms with Gasteiger partial charge in [-0.15, -0.1) is 0 Å². The lowest BCUT2D eigenvalue weighted by Gasteiger charge is -2.34. The van der Waals surface area contributed by atoms with Crippen LogP contribution in [0, 0.1) is 5.82 Å². The van der Waals surface area contributed by atoms with Crippen molar-refractivity contribution >= 4 is 11.9 Å². The Morgan fingerprint density at radius 2 is 1.53 bits per heavy atom. The van der Waals surface area contributed by atoms with Gasteiger partial charge >= 0.3 is 12.1 Å². The summed E-state index contributed by atoms with van der Waals surface area (Å²) in [4.78, 5) is 25.9. The first-order valence-electron chi connectivity index (χ1n) is 10.0. The molecule has 32 heavy (non-hydrogen) atoms. The van der Waals surface area contributed by atoms with E-state index in [1.165, 1.54) is 23.3 Å². The standard InChI is InChI=1S/C20H22FN3O.C2HF3O2/c21-19-5-1-15(2-6-19)14-23-7-9-24(10-8-23)20(25)16-3-4-17-12-22-13-18(17)11-16;3-2(4,5)1(6)7/h1-6,11,22H,7-10,12-14H2;(H,6,7). The lowest BCUT2D eigenvalue weighted by Crippen LogP contribution is -2.48. The third-order valence-electron chi connectivity index (χ3n) is 5.31. The molecule has 172 valence electrons. The number of carbonyl (C=O) groups excluding carboxylic acids is 1. The zero-order valence-corrected chi connectivity index (χ0v) is 17.2. The first kappa shape index (κ1) is 23.7. The second-order valence-corrected chi connectivity index (χ2v) is 7.58. The Bertz CT molecular complexity index is 956. The minimum Gasteiger partial charge on any atom is -0.475 e. The zero-order valence-electron chi connectivity index (χ0n) is 17.2. The van der Waals surface area contributed by atoms with Gasteiger partial charge in [0, 0.05) is 51.4 Å². The second kappa shape index (κ2) is 10.1. The highest BCUT2D eigenvalue weighted by molar-refractivity contribution is 5.94. The smallest absolute Gasteiger partial charge is 0.475 e. The lowest BCUT2D eigenvalue weighted by atomic mass is 10.1. The molecule has 2 aliphatic heterocycles.